The van der Waals surface area contributed by atoms with E-state index in [2.05, 4.69) is 19.6 Å². The summed E-state index contributed by atoms with van der Waals surface area (Å²) in [4.78, 5) is 25.5. The number of aliphatic hydroxyl groups is 1. The van der Waals surface area contributed by atoms with Gasteiger partial charge in [0.2, 0.25) is 11.8 Å². The molecule has 0 aliphatic carbocycles. The van der Waals surface area contributed by atoms with E-state index in [4.69, 9.17) is 37.8 Å². The number of nitrogens with zero attached hydrogens (tertiary/aromatic N) is 1. The minimum atomic E-state index is -1.18. The van der Waals surface area contributed by atoms with Gasteiger partial charge in [0, 0.05) is 39.1 Å². The molecule has 0 radical (unpaired) electrons. The van der Waals surface area contributed by atoms with Crippen LogP contribution in [0.15, 0.2) is 12.1 Å². The van der Waals surface area contributed by atoms with E-state index < -0.39 is 14.0 Å². The Morgan fingerprint density at radius 2 is 2.04 bits per heavy atom. The van der Waals surface area contributed by atoms with Crippen molar-refractivity contribution in [1.29, 1.82) is 0 Å². The van der Waals surface area contributed by atoms with Crippen LogP contribution >= 0.6 is 23.2 Å². The van der Waals surface area contributed by atoms with E-state index in [1.807, 2.05) is 0 Å². The molecule has 0 unspecified atom stereocenters. The number of hydrogen-bond donors (Lipinski definition) is 1. The Bertz CT molecular complexity index is 723. The second-order valence-electron chi connectivity index (χ2n) is 8.03. The summed E-state index contributed by atoms with van der Waals surface area (Å²) in [6, 6.07) is 4.37. The third kappa shape index (κ3) is 6.19. The predicted molar refractivity (Wildman–Crippen MR) is 112 cm³/mol. The first-order valence-electron chi connectivity index (χ1n) is 9.26. The van der Waals surface area contributed by atoms with Crippen molar-refractivity contribution in [3.05, 3.63) is 27.7 Å². The predicted octanol–water partition coefficient (Wildman–Crippen LogP) is 3.91. The number of aliphatic hydroxyl groups excluding tert-OH is 1. The third-order valence-corrected chi connectivity index (χ3v) is 7.07. The molecule has 1 aromatic carbocycles. The molecule has 1 aromatic rings. The molecule has 2 rings (SSSR count). The van der Waals surface area contributed by atoms with Crippen LogP contribution in [-0.4, -0.2) is 56.4 Å². The number of hydrogen-bond acceptors (Lipinski definition) is 5. The number of rotatable bonds is 9. The molecule has 1 saturated heterocycles. The second kappa shape index (κ2) is 10.1. The van der Waals surface area contributed by atoms with Crippen LogP contribution in [0.3, 0.4) is 0 Å². The summed E-state index contributed by atoms with van der Waals surface area (Å²) in [6.07, 6.45) is 0.0418. The lowest BCUT2D eigenvalue weighted by atomic mass is 9.97. The molecule has 28 heavy (non-hydrogen) atoms. The van der Waals surface area contributed by atoms with Crippen molar-refractivity contribution >= 4 is 43.1 Å². The smallest absolute Gasteiger partial charge is 0.231 e. The Labute approximate surface area is 176 Å². The van der Waals surface area contributed by atoms with Crippen LogP contribution in [0.25, 0.3) is 0 Å². The fourth-order valence-electron chi connectivity index (χ4n) is 2.97. The highest BCUT2D eigenvalue weighted by Gasteiger charge is 2.37. The Hall–Kier alpha value is -1.12. The quantitative estimate of drug-likeness (QED) is 0.352. The van der Waals surface area contributed by atoms with Crippen molar-refractivity contribution < 1.29 is 24.2 Å². The molecule has 1 aliphatic heterocycles. The molecule has 9 heteroatoms. The van der Waals surface area contributed by atoms with Crippen LogP contribution in [0.4, 0.5) is 0 Å². The number of imide groups is 1. The molecule has 2 amide bonds. The topological polar surface area (TPSA) is 76.1 Å². The van der Waals surface area contributed by atoms with Crippen LogP contribution in [-0.2, 0) is 14.3 Å². The molecule has 1 atom stereocenters. The van der Waals surface area contributed by atoms with Crippen molar-refractivity contribution in [3.8, 4) is 5.75 Å². The summed E-state index contributed by atoms with van der Waals surface area (Å²) in [5.41, 5.74) is 0.607. The first-order chi connectivity index (χ1) is 13.1. The van der Waals surface area contributed by atoms with E-state index in [-0.39, 0.29) is 44.6 Å². The fourth-order valence-corrected chi connectivity index (χ4v) is 4.20. The van der Waals surface area contributed by atoms with Gasteiger partial charge in [-0.1, -0.05) is 42.8 Å². The second-order valence-corrected chi connectivity index (χ2v) is 14.4. The highest BCUT2D eigenvalue weighted by molar-refractivity contribution is 6.76. The highest BCUT2D eigenvalue weighted by atomic mass is 35.5. The van der Waals surface area contributed by atoms with Gasteiger partial charge in [-0.3, -0.25) is 14.5 Å². The number of amides is 2. The van der Waals surface area contributed by atoms with Crippen molar-refractivity contribution in [2.24, 2.45) is 0 Å². The number of carbonyl (C=O) groups excluding carboxylic acids is 2. The van der Waals surface area contributed by atoms with E-state index in [0.29, 0.717) is 28.0 Å². The summed E-state index contributed by atoms with van der Waals surface area (Å²) in [6.45, 7) is 7.40. The highest BCUT2D eigenvalue weighted by Crippen LogP contribution is 2.42. The number of ether oxygens (including phenoxy) is 2. The monoisotopic (exact) mass is 447 g/mol. The summed E-state index contributed by atoms with van der Waals surface area (Å²) < 4.78 is 11.4. The maximum absolute atomic E-state index is 12.3. The Morgan fingerprint density at radius 1 is 1.32 bits per heavy atom. The van der Waals surface area contributed by atoms with E-state index >= 15 is 0 Å². The lowest BCUT2D eigenvalue weighted by molar-refractivity contribution is -0.142. The van der Waals surface area contributed by atoms with Crippen molar-refractivity contribution in [2.45, 2.75) is 44.4 Å². The SMILES string of the molecule is C[Si](C)(C)CCOCOc1ccc(Cl)c(Cl)c1[C@@H]1CC(=O)N(C(=O)CCO)C1. The zero-order chi connectivity index (χ0) is 20.9. The Kier molecular flexibility index (Phi) is 8.33. The van der Waals surface area contributed by atoms with Gasteiger partial charge in [0.15, 0.2) is 6.79 Å². The van der Waals surface area contributed by atoms with Gasteiger partial charge in [0.1, 0.15) is 5.75 Å². The first-order valence-corrected chi connectivity index (χ1v) is 13.7. The van der Waals surface area contributed by atoms with Crippen LogP contribution in [0, 0.1) is 0 Å². The minimum absolute atomic E-state index is 0.0727. The molecule has 0 spiro atoms. The average Bonchev–Trinajstić information content (AvgIpc) is 2.98. The van der Waals surface area contributed by atoms with Crippen molar-refractivity contribution in [2.75, 3.05) is 26.6 Å². The number of likely N-dealkylation sites (tertiary alicyclic amines) is 1. The molecule has 0 bridgehead atoms. The fraction of sp³-hybridized carbons (Fsp3) is 0.579. The lowest BCUT2D eigenvalue weighted by Gasteiger charge is -2.20. The van der Waals surface area contributed by atoms with Crippen molar-refractivity contribution in [1.82, 2.24) is 4.90 Å². The van der Waals surface area contributed by atoms with Gasteiger partial charge in [-0.2, -0.15) is 0 Å². The van der Waals surface area contributed by atoms with Crippen molar-refractivity contribution in [3.63, 3.8) is 0 Å². The molecular formula is C19H27Cl2NO5Si. The van der Waals surface area contributed by atoms with Crippen LogP contribution in [0.5, 0.6) is 5.75 Å². The van der Waals surface area contributed by atoms with E-state index in [9.17, 15) is 9.59 Å². The molecule has 0 saturated carbocycles. The van der Waals surface area contributed by atoms with Gasteiger partial charge in [-0.15, -0.1) is 0 Å². The largest absolute Gasteiger partial charge is 0.467 e. The Morgan fingerprint density at radius 3 is 2.68 bits per heavy atom. The Balaban J connectivity index is 2.10. The molecule has 1 heterocycles. The molecule has 6 nitrogen and oxygen atoms in total. The minimum Gasteiger partial charge on any atom is -0.467 e. The van der Waals surface area contributed by atoms with Crippen LogP contribution < -0.4 is 4.74 Å². The summed E-state index contributed by atoms with van der Waals surface area (Å²) in [5.74, 6) is -0.517. The normalized spacial score (nSPS) is 17.3. The zero-order valence-corrected chi connectivity index (χ0v) is 19.0. The van der Waals surface area contributed by atoms with Gasteiger partial charge < -0.3 is 14.6 Å². The standard InChI is InChI=1S/C19H27Cl2NO5Si/c1-28(2,3)9-8-26-12-27-15-5-4-14(20)19(21)18(15)13-10-17(25)22(11-13)16(24)6-7-23/h4-5,13,23H,6-12H2,1-3H3/t13-/m1/s1. The lowest BCUT2D eigenvalue weighted by Crippen LogP contribution is -2.32. The first kappa shape index (κ1) is 23.2. The van der Waals surface area contributed by atoms with Gasteiger partial charge in [-0.25, -0.2) is 0 Å². The van der Waals surface area contributed by atoms with Gasteiger partial charge in [0.25, 0.3) is 0 Å². The molecule has 1 N–H and O–H groups in total. The van der Waals surface area contributed by atoms with Crippen LogP contribution in [0.1, 0.15) is 24.3 Å². The third-order valence-electron chi connectivity index (χ3n) is 4.55. The van der Waals surface area contributed by atoms with Gasteiger partial charge in [0.05, 0.1) is 23.1 Å². The molecular weight excluding hydrogens is 421 g/mol. The van der Waals surface area contributed by atoms with E-state index in [1.165, 1.54) is 0 Å². The van der Waals surface area contributed by atoms with E-state index in [0.717, 1.165) is 10.9 Å². The summed E-state index contributed by atoms with van der Waals surface area (Å²) >= 11 is 12.6. The molecule has 1 fully saturated rings. The van der Waals surface area contributed by atoms with E-state index in [1.54, 1.807) is 12.1 Å². The number of halogens is 2. The molecule has 0 aromatic heterocycles. The summed E-state index contributed by atoms with van der Waals surface area (Å²) in [7, 11) is -1.18. The average molecular weight is 448 g/mol. The summed E-state index contributed by atoms with van der Waals surface area (Å²) in [5, 5.41) is 9.63. The number of benzene rings is 1. The maximum Gasteiger partial charge on any atom is 0.231 e. The molecule has 1 aliphatic rings. The number of carbonyl (C=O) groups is 2. The van der Waals surface area contributed by atoms with Gasteiger partial charge >= 0.3 is 0 Å². The maximum atomic E-state index is 12.3. The van der Waals surface area contributed by atoms with Gasteiger partial charge in [-0.05, 0) is 18.2 Å². The van der Waals surface area contributed by atoms with Crippen LogP contribution in [0.2, 0.25) is 35.7 Å². The molecule has 156 valence electrons. The zero-order valence-electron chi connectivity index (χ0n) is 16.5.